The second kappa shape index (κ2) is 4.26. The minimum absolute atomic E-state index is 0. The van der Waals surface area contributed by atoms with Gasteiger partial charge in [0, 0.05) is 0 Å². The molecule has 0 spiro atoms. The first-order valence-corrected chi connectivity index (χ1v) is 4.57. The average molecular weight is 295 g/mol. The van der Waals surface area contributed by atoms with Crippen molar-refractivity contribution < 1.29 is 40.5 Å². The predicted octanol–water partition coefficient (Wildman–Crippen LogP) is 0.602. The van der Waals surface area contributed by atoms with Crippen LogP contribution in [0.1, 0.15) is 5.56 Å². The Hall–Kier alpha value is -0.330. The van der Waals surface area contributed by atoms with Gasteiger partial charge in [-0.2, -0.15) is 0 Å². The number of aromatic hydroxyl groups is 1. The largest absolute Gasteiger partial charge is 1.00 e. The van der Waals surface area contributed by atoms with Crippen molar-refractivity contribution >= 4 is 10.1 Å². The molecular weight excluding hydrogens is 288 g/mol. The molecule has 76 valence electrons. The number of benzene rings is 1. The van der Waals surface area contributed by atoms with Crippen molar-refractivity contribution in [1.29, 1.82) is 0 Å². The number of hydrogen-bond donors (Lipinski definition) is 1. The Balaban J connectivity index is 0.00000144. The summed E-state index contributed by atoms with van der Waals surface area (Å²) in [6.45, 7) is 1.49. The summed E-state index contributed by atoms with van der Waals surface area (Å²) in [6.07, 6.45) is 0. The van der Waals surface area contributed by atoms with Crippen molar-refractivity contribution in [3.8, 4) is 5.75 Å². The molecule has 6 heteroatoms. The number of rotatable bonds is 1. The molecule has 1 N–H and O–H groups in total. The zero-order chi connectivity index (χ0) is 9.35. The van der Waals surface area contributed by atoms with Crippen molar-refractivity contribution in [3.63, 3.8) is 0 Å². The molecule has 1 rings (SSSR count). The van der Waals surface area contributed by atoms with Gasteiger partial charge in [-0.25, -0.2) is 8.42 Å². The van der Waals surface area contributed by atoms with Crippen LogP contribution in [-0.4, -0.2) is 18.1 Å². The van der Waals surface area contributed by atoms with E-state index >= 15 is 0 Å². The van der Waals surface area contributed by atoms with E-state index in [9.17, 15) is 13.0 Å². The zero-order valence-corrected chi connectivity index (χ0v) is 8.91. The Bertz CT molecular complexity index is 399. The van der Waals surface area contributed by atoms with E-state index in [-0.39, 0.29) is 33.0 Å². The van der Waals surface area contributed by atoms with Crippen LogP contribution in [-0.2, 0) is 32.5 Å². The van der Waals surface area contributed by atoms with Gasteiger partial charge >= 0.3 is 22.4 Å². The number of phenols is 1. The van der Waals surface area contributed by atoms with Gasteiger partial charge in [0.05, 0.1) is 4.90 Å². The van der Waals surface area contributed by atoms with E-state index in [4.69, 9.17) is 5.11 Å². The number of hydrogen-bond acceptors (Lipinski definition) is 4. The van der Waals surface area contributed by atoms with Crippen LogP contribution in [0.5, 0.6) is 5.75 Å². The molecule has 0 radical (unpaired) electrons. The van der Waals surface area contributed by atoms with E-state index in [1.165, 1.54) is 19.1 Å². The first kappa shape index (κ1) is 12.7. The Morgan fingerprint density at radius 2 is 1.92 bits per heavy atom. The van der Waals surface area contributed by atoms with Gasteiger partial charge in [0.1, 0.15) is 15.9 Å². The van der Waals surface area contributed by atoms with Crippen molar-refractivity contribution in [2.24, 2.45) is 0 Å². The number of phenolic OH excluding ortho intramolecular Hbond substituents is 1. The summed E-state index contributed by atoms with van der Waals surface area (Å²) in [5.74, 6) is -0.227. The van der Waals surface area contributed by atoms with Crippen LogP contribution in [0.15, 0.2) is 23.1 Å². The minimum Gasteiger partial charge on any atom is -0.744 e. The summed E-state index contributed by atoms with van der Waals surface area (Å²) >= 11 is 0. The minimum atomic E-state index is -4.47. The summed E-state index contributed by atoms with van der Waals surface area (Å²) in [7, 11) is -4.47. The van der Waals surface area contributed by atoms with Crippen LogP contribution in [0.4, 0.5) is 0 Å². The van der Waals surface area contributed by atoms with E-state index in [2.05, 4.69) is 0 Å². The fourth-order valence-electron chi connectivity index (χ4n) is 0.858. The van der Waals surface area contributed by atoms with Gasteiger partial charge in [-0.15, -0.1) is 0 Å². The monoisotopic (exact) mass is 294 g/mol. The second-order valence-corrected chi connectivity index (χ2v) is 3.75. The molecule has 0 aliphatic carbocycles. The third-order valence-corrected chi connectivity index (χ3v) is 2.42. The van der Waals surface area contributed by atoms with Gasteiger partial charge in [0.15, 0.2) is 0 Å². The van der Waals surface area contributed by atoms with Crippen LogP contribution in [0, 0.1) is 6.92 Å². The molecule has 0 aliphatic rings. The fraction of sp³-hybridized carbons (Fsp3) is 0.143. The summed E-state index contributed by atoms with van der Waals surface area (Å²) in [6, 6.07) is 3.64. The first-order chi connectivity index (χ1) is 5.41. The summed E-state index contributed by atoms with van der Waals surface area (Å²) in [5.41, 5.74) is 0.336. The van der Waals surface area contributed by atoms with Crippen LogP contribution in [0.25, 0.3) is 0 Å². The second-order valence-electron chi connectivity index (χ2n) is 2.40. The molecule has 0 aliphatic heterocycles. The van der Waals surface area contributed by atoms with E-state index in [1.807, 2.05) is 0 Å². The van der Waals surface area contributed by atoms with E-state index in [1.54, 1.807) is 0 Å². The molecule has 0 atom stereocenters. The Labute approximate surface area is 91.9 Å². The molecule has 4 nitrogen and oxygen atoms in total. The molecule has 0 bridgehead atoms. The first-order valence-electron chi connectivity index (χ1n) is 3.17. The van der Waals surface area contributed by atoms with E-state index in [0.717, 1.165) is 6.07 Å². The van der Waals surface area contributed by atoms with Crippen LogP contribution in [0.2, 0.25) is 0 Å². The SMILES string of the molecule is Cc1ccc(O)cc1S(=O)(=O)[O-].[Ag+]. The molecular formula is C7H7AgO4S. The third kappa shape index (κ3) is 3.13. The van der Waals surface area contributed by atoms with Crippen LogP contribution in [0.3, 0.4) is 0 Å². The number of aryl methyl sites for hydroxylation is 1. The maximum Gasteiger partial charge on any atom is 1.00 e. The molecule has 0 heterocycles. The Morgan fingerprint density at radius 1 is 1.38 bits per heavy atom. The molecule has 0 saturated heterocycles. The fourth-order valence-corrected chi connectivity index (χ4v) is 1.59. The normalized spacial score (nSPS) is 10.6. The summed E-state index contributed by atoms with van der Waals surface area (Å²) in [4.78, 5) is -0.373. The molecule has 1 aromatic rings. The average Bonchev–Trinajstić information content (AvgIpc) is 1.92. The van der Waals surface area contributed by atoms with Crippen LogP contribution >= 0.6 is 0 Å². The van der Waals surface area contributed by atoms with Gasteiger partial charge < -0.3 is 9.66 Å². The van der Waals surface area contributed by atoms with E-state index in [0.29, 0.717) is 5.56 Å². The standard InChI is InChI=1S/C7H8O4S.Ag/c1-5-2-3-6(8)4-7(5)12(9,10)11;/h2-4,8H,1H3,(H,9,10,11);/q;+1/p-1. The van der Waals surface area contributed by atoms with Crippen molar-refractivity contribution in [3.05, 3.63) is 23.8 Å². The summed E-state index contributed by atoms with van der Waals surface area (Å²) < 4.78 is 31.6. The topological polar surface area (TPSA) is 77.4 Å². The quantitative estimate of drug-likeness (QED) is 0.608. The maximum absolute atomic E-state index is 10.5. The molecule has 0 saturated carbocycles. The molecule has 0 fully saturated rings. The van der Waals surface area contributed by atoms with Crippen molar-refractivity contribution in [2.45, 2.75) is 11.8 Å². The molecule has 0 aromatic heterocycles. The third-order valence-electron chi connectivity index (χ3n) is 1.44. The van der Waals surface area contributed by atoms with Gasteiger partial charge in [-0.05, 0) is 24.6 Å². The van der Waals surface area contributed by atoms with Crippen molar-refractivity contribution in [2.75, 3.05) is 0 Å². The van der Waals surface area contributed by atoms with Gasteiger partial charge in [0.25, 0.3) is 0 Å². The van der Waals surface area contributed by atoms with Gasteiger partial charge in [0.2, 0.25) is 0 Å². The molecule has 0 amide bonds. The molecule has 1 aromatic carbocycles. The molecule has 13 heavy (non-hydrogen) atoms. The van der Waals surface area contributed by atoms with Crippen LogP contribution < -0.4 is 0 Å². The Morgan fingerprint density at radius 3 is 2.31 bits per heavy atom. The maximum atomic E-state index is 10.5. The Kier molecular flexibility index (Phi) is 4.15. The van der Waals surface area contributed by atoms with Gasteiger partial charge in [-0.3, -0.25) is 0 Å². The summed E-state index contributed by atoms with van der Waals surface area (Å²) in [5, 5.41) is 8.90. The molecule has 0 unspecified atom stereocenters. The van der Waals surface area contributed by atoms with Crippen molar-refractivity contribution in [1.82, 2.24) is 0 Å². The van der Waals surface area contributed by atoms with E-state index < -0.39 is 10.1 Å². The smallest absolute Gasteiger partial charge is 0.744 e. The predicted molar refractivity (Wildman–Crippen MR) is 40.8 cm³/mol. The van der Waals surface area contributed by atoms with Gasteiger partial charge in [-0.1, -0.05) is 6.07 Å². The zero-order valence-electron chi connectivity index (χ0n) is 6.61.